The monoisotopic (exact) mass is 472 g/mol. The maximum atomic E-state index is 13.2. The van der Waals surface area contributed by atoms with E-state index in [4.69, 9.17) is 0 Å². The molecule has 9 heteroatoms. The summed E-state index contributed by atoms with van der Waals surface area (Å²) in [5.74, 6) is 0.000967. The molecule has 0 radical (unpaired) electrons. The molecule has 0 unspecified atom stereocenters. The van der Waals surface area contributed by atoms with Gasteiger partial charge in [-0.05, 0) is 69.4 Å². The Hall–Kier alpha value is -2.65. The molecule has 1 N–H and O–H groups in total. The Morgan fingerprint density at radius 1 is 1.06 bits per heavy atom. The molecule has 4 rings (SSSR count). The van der Waals surface area contributed by atoms with Crippen LogP contribution in [0.5, 0.6) is 0 Å². The van der Waals surface area contributed by atoms with Crippen molar-refractivity contribution in [1.29, 1.82) is 0 Å². The van der Waals surface area contributed by atoms with E-state index >= 15 is 0 Å². The fourth-order valence-corrected chi connectivity index (χ4v) is 5.96. The number of carbonyl (C=O) groups is 1. The van der Waals surface area contributed by atoms with Gasteiger partial charge in [-0.2, -0.15) is 0 Å². The lowest BCUT2D eigenvalue weighted by Crippen LogP contribution is -2.37. The van der Waals surface area contributed by atoms with Crippen molar-refractivity contribution in [3.05, 3.63) is 52.7 Å². The van der Waals surface area contributed by atoms with E-state index in [0.717, 1.165) is 49.2 Å². The van der Waals surface area contributed by atoms with Gasteiger partial charge in [-0.1, -0.05) is 6.07 Å². The number of carbonyl (C=O) groups excluding carboxylic acids is 1. The highest BCUT2D eigenvalue weighted by Gasteiger charge is 2.24. The molecule has 0 bridgehead atoms. The van der Waals surface area contributed by atoms with Crippen LogP contribution >= 0.6 is 11.3 Å². The minimum Gasteiger partial charge on any atom is -0.341 e. The first-order valence-electron chi connectivity index (χ1n) is 10.7. The van der Waals surface area contributed by atoms with Gasteiger partial charge >= 0.3 is 0 Å². The molecule has 1 aliphatic heterocycles. The average molecular weight is 473 g/mol. The summed E-state index contributed by atoms with van der Waals surface area (Å²) in [6.07, 6.45) is 4.70. The number of hydrogen-bond donors (Lipinski definition) is 1. The van der Waals surface area contributed by atoms with E-state index < -0.39 is 10.0 Å². The third-order valence-corrected chi connectivity index (χ3v) is 7.84. The summed E-state index contributed by atoms with van der Waals surface area (Å²) in [4.78, 5) is 19.4. The summed E-state index contributed by atoms with van der Waals surface area (Å²) in [6, 6.07) is 7.19. The number of thiazole rings is 1. The standard InChI is InChI=1S/C23H28N4O3S2/c1-16-9-17(2)11-19(10-16)25-32(29,30)20-12-21(23-24-18(3)15-31-23)27(13-20)14-22(28)26-7-5-4-6-8-26/h9-13,15,25H,4-8,14H2,1-3H3. The number of aromatic nitrogens is 2. The summed E-state index contributed by atoms with van der Waals surface area (Å²) >= 11 is 1.44. The van der Waals surface area contributed by atoms with Crippen molar-refractivity contribution in [2.24, 2.45) is 0 Å². The van der Waals surface area contributed by atoms with Gasteiger partial charge in [0.25, 0.3) is 10.0 Å². The highest BCUT2D eigenvalue weighted by molar-refractivity contribution is 7.92. The third-order valence-electron chi connectivity index (χ3n) is 5.51. The van der Waals surface area contributed by atoms with E-state index in [-0.39, 0.29) is 17.3 Å². The molecule has 0 atom stereocenters. The molecule has 170 valence electrons. The molecule has 1 aromatic carbocycles. The van der Waals surface area contributed by atoms with Crippen LogP contribution in [0.25, 0.3) is 10.7 Å². The molecule has 7 nitrogen and oxygen atoms in total. The quantitative estimate of drug-likeness (QED) is 0.578. The number of likely N-dealkylation sites (tertiary alicyclic amines) is 1. The van der Waals surface area contributed by atoms with Gasteiger partial charge in [0.15, 0.2) is 0 Å². The molecule has 0 spiro atoms. The molecule has 1 amide bonds. The van der Waals surface area contributed by atoms with Crippen LogP contribution < -0.4 is 4.72 Å². The summed E-state index contributed by atoms with van der Waals surface area (Å²) in [7, 11) is -3.83. The molecule has 0 aliphatic carbocycles. The fourth-order valence-electron chi connectivity index (χ4n) is 4.05. The van der Waals surface area contributed by atoms with Crippen LogP contribution in [0, 0.1) is 20.8 Å². The predicted octanol–water partition coefficient (Wildman–Crippen LogP) is 4.35. The van der Waals surface area contributed by atoms with Gasteiger partial charge in [-0.3, -0.25) is 9.52 Å². The molecule has 32 heavy (non-hydrogen) atoms. The Kier molecular flexibility index (Phi) is 6.39. The third kappa shape index (κ3) is 5.05. The smallest absolute Gasteiger partial charge is 0.263 e. The number of benzene rings is 1. The van der Waals surface area contributed by atoms with Crippen molar-refractivity contribution < 1.29 is 13.2 Å². The van der Waals surface area contributed by atoms with E-state index in [9.17, 15) is 13.2 Å². The summed E-state index contributed by atoms with van der Waals surface area (Å²) in [6.45, 7) is 7.35. The van der Waals surface area contributed by atoms with Crippen LogP contribution in [0.15, 0.2) is 40.7 Å². The summed E-state index contributed by atoms with van der Waals surface area (Å²) < 4.78 is 30.7. The molecule has 3 heterocycles. The first-order valence-corrected chi connectivity index (χ1v) is 13.1. The van der Waals surface area contributed by atoms with Crippen LogP contribution in [0.4, 0.5) is 5.69 Å². The second-order valence-corrected chi connectivity index (χ2v) is 10.9. The van der Waals surface area contributed by atoms with Gasteiger partial charge in [0.1, 0.15) is 16.4 Å². The van der Waals surface area contributed by atoms with E-state index in [1.165, 1.54) is 11.3 Å². The number of rotatable bonds is 6. The van der Waals surface area contributed by atoms with Gasteiger partial charge in [0.2, 0.25) is 5.91 Å². The lowest BCUT2D eigenvalue weighted by atomic mass is 10.1. The Labute approximate surface area is 193 Å². The maximum absolute atomic E-state index is 13.2. The first kappa shape index (κ1) is 22.5. The molecule has 1 aliphatic rings. The number of anilines is 1. The summed E-state index contributed by atoms with van der Waals surface area (Å²) in [5, 5.41) is 2.61. The van der Waals surface area contributed by atoms with Crippen LogP contribution in [-0.4, -0.2) is 41.9 Å². The highest BCUT2D eigenvalue weighted by atomic mass is 32.2. The molecule has 0 saturated carbocycles. The molecule has 1 fully saturated rings. The zero-order valence-corrected chi connectivity index (χ0v) is 20.2. The number of amides is 1. The average Bonchev–Trinajstić information content (AvgIpc) is 3.34. The minimum atomic E-state index is -3.83. The Bertz CT molecular complexity index is 1220. The Morgan fingerprint density at radius 3 is 2.38 bits per heavy atom. The fraction of sp³-hybridized carbons (Fsp3) is 0.391. The number of sulfonamides is 1. The van der Waals surface area contributed by atoms with E-state index in [1.807, 2.05) is 37.1 Å². The van der Waals surface area contributed by atoms with Gasteiger partial charge < -0.3 is 9.47 Å². The minimum absolute atomic E-state index is 0.000967. The number of nitrogens with zero attached hydrogens (tertiary/aromatic N) is 3. The van der Waals surface area contributed by atoms with Crippen molar-refractivity contribution in [2.45, 2.75) is 51.5 Å². The highest BCUT2D eigenvalue weighted by Crippen LogP contribution is 2.29. The SMILES string of the molecule is Cc1cc(C)cc(NS(=O)(=O)c2cc(-c3nc(C)cs3)n(CC(=O)N3CCCCC3)c2)c1. The van der Waals surface area contributed by atoms with Crippen LogP contribution in [0.1, 0.15) is 36.1 Å². The zero-order chi connectivity index (χ0) is 22.9. The number of nitrogens with one attached hydrogen (secondary N) is 1. The predicted molar refractivity (Wildman–Crippen MR) is 127 cm³/mol. The van der Waals surface area contributed by atoms with Crippen molar-refractivity contribution in [3.8, 4) is 10.7 Å². The van der Waals surface area contributed by atoms with Gasteiger partial charge in [-0.15, -0.1) is 11.3 Å². The van der Waals surface area contributed by atoms with Crippen LogP contribution in [0.3, 0.4) is 0 Å². The molecular formula is C23H28N4O3S2. The second-order valence-electron chi connectivity index (χ2n) is 8.41. The molecule has 3 aromatic rings. The lowest BCUT2D eigenvalue weighted by Gasteiger charge is -2.27. The Balaban J connectivity index is 1.67. The topological polar surface area (TPSA) is 84.3 Å². The van der Waals surface area contributed by atoms with Gasteiger partial charge in [-0.25, -0.2) is 13.4 Å². The van der Waals surface area contributed by atoms with E-state index in [0.29, 0.717) is 16.4 Å². The second kappa shape index (κ2) is 9.07. The largest absolute Gasteiger partial charge is 0.341 e. The van der Waals surface area contributed by atoms with E-state index in [2.05, 4.69) is 9.71 Å². The molecule has 2 aromatic heterocycles. The zero-order valence-electron chi connectivity index (χ0n) is 18.6. The number of aryl methyl sites for hydroxylation is 3. The summed E-state index contributed by atoms with van der Waals surface area (Å²) in [5.41, 5.74) is 3.97. The maximum Gasteiger partial charge on any atom is 0.263 e. The Morgan fingerprint density at radius 2 is 1.75 bits per heavy atom. The lowest BCUT2D eigenvalue weighted by molar-refractivity contribution is -0.132. The number of piperidine rings is 1. The van der Waals surface area contributed by atoms with E-state index in [1.54, 1.807) is 29.0 Å². The normalized spacial score (nSPS) is 14.5. The van der Waals surface area contributed by atoms with Crippen LogP contribution in [-0.2, 0) is 21.4 Å². The van der Waals surface area contributed by atoms with Crippen molar-refractivity contribution in [1.82, 2.24) is 14.5 Å². The van der Waals surface area contributed by atoms with Crippen molar-refractivity contribution in [3.63, 3.8) is 0 Å². The molecular weight excluding hydrogens is 444 g/mol. The van der Waals surface area contributed by atoms with Crippen molar-refractivity contribution in [2.75, 3.05) is 17.8 Å². The number of hydrogen-bond acceptors (Lipinski definition) is 5. The van der Waals surface area contributed by atoms with Gasteiger partial charge in [0, 0.05) is 36.0 Å². The van der Waals surface area contributed by atoms with Crippen molar-refractivity contribution >= 4 is 33.0 Å². The first-order chi connectivity index (χ1) is 15.2. The van der Waals surface area contributed by atoms with Gasteiger partial charge in [0.05, 0.1) is 5.69 Å². The molecule has 1 saturated heterocycles. The van der Waals surface area contributed by atoms with Crippen LogP contribution in [0.2, 0.25) is 0 Å².